The minimum atomic E-state index is -4.46. The number of carbonyl (C=O) groups is 1. The fourth-order valence-corrected chi connectivity index (χ4v) is 2.50. The molecule has 0 saturated heterocycles. The van der Waals surface area contributed by atoms with Gasteiger partial charge in [-0.05, 0) is 41.9 Å². The standard InChI is InChI=1S/C15H13BrF3NO3/c1-8-12(13(16)9(2)23-8)14(21)20-10-5-3-4-6-11(10)22-7-15(17,18)19/h3-6H,7H2,1-2H3,(H,20,21). The number of alkyl halides is 3. The number of para-hydroxylation sites is 2. The van der Waals surface area contributed by atoms with Gasteiger partial charge in [-0.15, -0.1) is 0 Å². The molecule has 0 bridgehead atoms. The predicted octanol–water partition coefficient (Wildman–Crippen LogP) is 4.85. The van der Waals surface area contributed by atoms with Gasteiger partial charge < -0.3 is 14.5 Å². The van der Waals surface area contributed by atoms with E-state index in [1.807, 2.05) is 0 Å². The lowest BCUT2D eigenvalue weighted by atomic mass is 10.2. The molecule has 0 saturated carbocycles. The molecule has 23 heavy (non-hydrogen) atoms. The van der Waals surface area contributed by atoms with E-state index in [-0.39, 0.29) is 17.0 Å². The highest BCUT2D eigenvalue weighted by molar-refractivity contribution is 9.10. The number of aryl methyl sites for hydroxylation is 2. The summed E-state index contributed by atoms with van der Waals surface area (Å²) in [6.45, 7) is 1.88. The van der Waals surface area contributed by atoms with Gasteiger partial charge in [0.05, 0.1) is 15.7 Å². The Labute approximate surface area is 138 Å². The Morgan fingerprint density at radius 1 is 1.26 bits per heavy atom. The van der Waals surface area contributed by atoms with Gasteiger partial charge in [0.25, 0.3) is 5.91 Å². The number of hydrogen-bond acceptors (Lipinski definition) is 3. The van der Waals surface area contributed by atoms with E-state index in [0.717, 1.165) is 0 Å². The lowest BCUT2D eigenvalue weighted by molar-refractivity contribution is -0.153. The van der Waals surface area contributed by atoms with E-state index in [2.05, 4.69) is 21.2 Å². The zero-order valence-corrected chi connectivity index (χ0v) is 13.8. The fraction of sp³-hybridized carbons (Fsp3) is 0.267. The summed E-state index contributed by atoms with van der Waals surface area (Å²) in [7, 11) is 0. The van der Waals surface area contributed by atoms with Crippen LogP contribution < -0.4 is 10.1 Å². The monoisotopic (exact) mass is 391 g/mol. The van der Waals surface area contributed by atoms with Gasteiger partial charge in [0.2, 0.25) is 0 Å². The van der Waals surface area contributed by atoms with E-state index < -0.39 is 18.7 Å². The number of amides is 1. The van der Waals surface area contributed by atoms with E-state index in [1.165, 1.54) is 18.2 Å². The third-order valence-electron chi connectivity index (χ3n) is 2.94. The third kappa shape index (κ3) is 4.28. The molecular weight excluding hydrogens is 379 g/mol. The Morgan fingerprint density at radius 3 is 2.48 bits per heavy atom. The second-order valence-corrected chi connectivity index (χ2v) is 5.55. The SMILES string of the molecule is Cc1oc(C)c(C(=O)Nc2ccccc2OCC(F)(F)F)c1Br. The van der Waals surface area contributed by atoms with Gasteiger partial charge in [-0.25, -0.2) is 0 Å². The lowest BCUT2D eigenvalue weighted by Crippen LogP contribution is -2.20. The van der Waals surface area contributed by atoms with Crippen LogP contribution in [0.3, 0.4) is 0 Å². The Balaban J connectivity index is 2.21. The van der Waals surface area contributed by atoms with Gasteiger partial charge in [-0.1, -0.05) is 12.1 Å². The van der Waals surface area contributed by atoms with E-state index >= 15 is 0 Å². The highest BCUT2D eigenvalue weighted by atomic mass is 79.9. The van der Waals surface area contributed by atoms with Gasteiger partial charge in [0.15, 0.2) is 6.61 Å². The van der Waals surface area contributed by atoms with Crippen molar-refractivity contribution in [3.8, 4) is 5.75 Å². The minimum Gasteiger partial charge on any atom is -0.482 e. The first-order valence-electron chi connectivity index (χ1n) is 6.54. The largest absolute Gasteiger partial charge is 0.482 e. The molecule has 8 heteroatoms. The second kappa shape index (κ2) is 6.66. The zero-order chi connectivity index (χ0) is 17.2. The molecule has 1 aromatic carbocycles. The molecular formula is C15H13BrF3NO3. The normalized spacial score (nSPS) is 11.4. The highest BCUT2D eigenvalue weighted by Gasteiger charge is 2.29. The van der Waals surface area contributed by atoms with Crippen molar-refractivity contribution in [2.45, 2.75) is 20.0 Å². The Morgan fingerprint density at radius 2 is 1.91 bits per heavy atom. The summed E-state index contributed by atoms with van der Waals surface area (Å²) in [6, 6.07) is 5.91. The topological polar surface area (TPSA) is 51.5 Å². The molecule has 2 aromatic rings. The smallest absolute Gasteiger partial charge is 0.422 e. The average molecular weight is 392 g/mol. The number of anilines is 1. The predicted molar refractivity (Wildman–Crippen MR) is 81.8 cm³/mol. The van der Waals surface area contributed by atoms with Crippen molar-refractivity contribution in [2.75, 3.05) is 11.9 Å². The van der Waals surface area contributed by atoms with Crippen LogP contribution in [0.1, 0.15) is 21.9 Å². The second-order valence-electron chi connectivity index (χ2n) is 4.76. The fourth-order valence-electron chi connectivity index (χ4n) is 1.96. The molecule has 124 valence electrons. The first-order chi connectivity index (χ1) is 10.7. The van der Waals surface area contributed by atoms with Crippen LogP contribution in [0.2, 0.25) is 0 Å². The molecule has 1 N–H and O–H groups in total. The van der Waals surface area contributed by atoms with Crippen molar-refractivity contribution in [2.24, 2.45) is 0 Å². The first-order valence-corrected chi connectivity index (χ1v) is 7.34. The molecule has 1 amide bonds. The zero-order valence-electron chi connectivity index (χ0n) is 12.3. The maximum atomic E-state index is 12.3. The van der Waals surface area contributed by atoms with E-state index in [0.29, 0.717) is 16.0 Å². The van der Waals surface area contributed by atoms with E-state index in [9.17, 15) is 18.0 Å². The van der Waals surface area contributed by atoms with Crippen molar-refractivity contribution in [3.05, 3.63) is 45.8 Å². The summed E-state index contributed by atoms with van der Waals surface area (Å²) in [4.78, 5) is 12.3. The quantitative estimate of drug-likeness (QED) is 0.809. The number of ether oxygens (including phenoxy) is 1. The van der Waals surface area contributed by atoms with Crippen molar-refractivity contribution in [1.29, 1.82) is 0 Å². The van der Waals surface area contributed by atoms with Gasteiger partial charge in [-0.3, -0.25) is 4.79 Å². The summed E-state index contributed by atoms with van der Waals surface area (Å²) in [5, 5.41) is 2.54. The number of furan rings is 1. The van der Waals surface area contributed by atoms with Crippen LogP contribution in [0.4, 0.5) is 18.9 Å². The van der Waals surface area contributed by atoms with E-state index in [4.69, 9.17) is 9.15 Å². The van der Waals surface area contributed by atoms with Crippen LogP contribution in [0.25, 0.3) is 0 Å². The molecule has 0 fully saturated rings. The van der Waals surface area contributed by atoms with Gasteiger partial charge in [-0.2, -0.15) is 13.2 Å². The minimum absolute atomic E-state index is 0.0628. The van der Waals surface area contributed by atoms with Crippen LogP contribution in [0, 0.1) is 13.8 Å². The molecule has 1 heterocycles. The summed E-state index contributed by atoms with van der Waals surface area (Å²) >= 11 is 3.26. The Hall–Kier alpha value is -1.96. The molecule has 0 aliphatic carbocycles. The summed E-state index contributed by atoms with van der Waals surface area (Å²) in [6.07, 6.45) is -4.46. The average Bonchev–Trinajstić information content (AvgIpc) is 2.70. The Bertz CT molecular complexity index is 725. The summed E-state index contributed by atoms with van der Waals surface area (Å²) < 4.78 is 47.4. The molecule has 4 nitrogen and oxygen atoms in total. The van der Waals surface area contributed by atoms with Gasteiger partial charge in [0.1, 0.15) is 17.3 Å². The number of rotatable bonds is 4. The summed E-state index contributed by atoms with van der Waals surface area (Å²) in [5.41, 5.74) is 0.431. The van der Waals surface area contributed by atoms with Crippen LogP contribution in [-0.4, -0.2) is 18.7 Å². The number of nitrogens with one attached hydrogen (secondary N) is 1. The number of halogens is 4. The van der Waals surface area contributed by atoms with Crippen LogP contribution >= 0.6 is 15.9 Å². The highest BCUT2D eigenvalue weighted by Crippen LogP contribution is 2.30. The first kappa shape index (κ1) is 17.4. The van der Waals surface area contributed by atoms with Crippen LogP contribution in [-0.2, 0) is 0 Å². The molecule has 0 unspecified atom stereocenters. The molecule has 0 spiro atoms. The molecule has 0 aliphatic rings. The Kier molecular flexibility index (Phi) is 5.03. The number of carbonyl (C=O) groups excluding carboxylic acids is 1. The van der Waals surface area contributed by atoms with Crippen molar-refractivity contribution >= 4 is 27.5 Å². The number of hydrogen-bond donors (Lipinski definition) is 1. The van der Waals surface area contributed by atoms with E-state index in [1.54, 1.807) is 19.9 Å². The maximum absolute atomic E-state index is 12.3. The van der Waals surface area contributed by atoms with Crippen molar-refractivity contribution in [1.82, 2.24) is 0 Å². The maximum Gasteiger partial charge on any atom is 0.422 e. The number of benzene rings is 1. The summed E-state index contributed by atoms with van der Waals surface area (Å²) in [5.74, 6) is 0.372. The lowest BCUT2D eigenvalue weighted by Gasteiger charge is -2.13. The van der Waals surface area contributed by atoms with Gasteiger partial charge in [0, 0.05) is 0 Å². The molecule has 0 atom stereocenters. The van der Waals surface area contributed by atoms with Crippen molar-refractivity contribution < 1.29 is 27.1 Å². The molecule has 2 rings (SSSR count). The third-order valence-corrected chi connectivity index (χ3v) is 3.90. The molecule has 0 radical (unpaired) electrons. The van der Waals surface area contributed by atoms with Crippen LogP contribution in [0.15, 0.2) is 33.2 Å². The van der Waals surface area contributed by atoms with Crippen LogP contribution in [0.5, 0.6) is 5.75 Å². The van der Waals surface area contributed by atoms with Gasteiger partial charge >= 0.3 is 6.18 Å². The molecule has 0 aliphatic heterocycles. The van der Waals surface area contributed by atoms with Crippen molar-refractivity contribution in [3.63, 3.8) is 0 Å². The molecule has 1 aromatic heterocycles.